The van der Waals surface area contributed by atoms with E-state index >= 15 is 0 Å². The fourth-order valence-electron chi connectivity index (χ4n) is 1.80. The van der Waals surface area contributed by atoms with E-state index < -0.39 is 11.4 Å². The zero-order valence-corrected chi connectivity index (χ0v) is 11.8. The van der Waals surface area contributed by atoms with Gasteiger partial charge in [0.25, 0.3) is 0 Å². The van der Waals surface area contributed by atoms with Gasteiger partial charge in [-0.05, 0) is 27.2 Å². The number of hydrogen-bond acceptors (Lipinski definition) is 4. The average Bonchev–Trinajstić information content (AvgIpc) is 2.12. The van der Waals surface area contributed by atoms with Crippen LogP contribution in [0, 0.1) is 0 Å². The van der Waals surface area contributed by atoms with E-state index in [9.17, 15) is 5.11 Å². The monoisotopic (exact) mass is 246 g/mol. The molecule has 17 heavy (non-hydrogen) atoms. The average molecular weight is 246 g/mol. The molecule has 0 aromatic rings. The van der Waals surface area contributed by atoms with Crippen molar-refractivity contribution in [1.29, 1.82) is 0 Å². The summed E-state index contributed by atoms with van der Waals surface area (Å²) < 4.78 is 5.51. The summed E-state index contributed by atoms with van der Waals surface area (Å²) in [5.41, 5.74) is 10.3. The lowest BCUT2D eigenvalue weighted by atomic mass is 9.95. The molecule has 0 fully saturated rings. The lowest BCUT2D eigenvalue weighted by molar-refractivity contribution is -0.156. The first-order valence-electron chi connectivity index (χ1n) is 6.64. The van der Waals surface area contributed by atoms with E-state index in [2.05, 4.69) is 6.92 Å². The largest absolute Gasteiger partial charge is 0.388 e. The molecule has 0 saturated heterocycles. The van der Waals surface area contributed by atoms with Gasteiger partial charge in [-0.15, -0.1) is 0 Å². The summed E-state index contributed by atoms with van der Waals surface area (Å²) in [5, 5.41) is 10.0. The van der Waals surface area contributed by atoms with Gasteiger partial charge in [0, 0.05) is 0 Å². The summed E-state index contributed by atoms with van der Waals surface area (Å²) in [6, 6.07) is 0. The summed E-state index contributed by atoms with van der Waals surface area (Å²) >= 11 is 0. The molecular formula is C13H30N2O2. The molecule has 0 aliphatic rings. The summed E-state index contributed by atoms with van der Waals surface area (Å²) in [5.74, 6) is -1.19. The van der Waals surface area contributed by atoms with E-state index in [1.165, 1.54) is 19.3 Å². The van der Waals surface area contributed by atoms with Crippen molar-refractivity contribution in [3.05, 3.63) is 0 Å². The molecule has 5 N–H and O–H groups in total. The third-order valence-electron chi connectivity index (χ3n) is 2.75. The van der Waals surface area contributed by atoms with Crippen LogP contribution in [-0.2, 0) is 4.74 Å². The standard InChI is InChI=1S/C13H30N2O2/c1-5-6-7-8-9-10-11(12(2,3)16)17-13(4,14)15/h11,16H,5-10,14-15H2,1-4H3. The fourth-order valence-corrected chi connectivity index (χ4v) is 1.80. The zero-order chi connectivity index (χ0) is 13.5. The van der Waals surface area contributed by atoms with Crippen molar-refractivity contribution < 1.29 is 9.84 Å². The molecule has 0 aromatic carbocycles. The van der Waals surface area contributed by atoms with Crippen LogP contribution in [0.5, 0.6) is 0 Å². The summed E-state index contributed by atoms with van der Waals surface area (Å²) in [7, 11) is 0. The molecule has 0 heterocycles. The molecule has 4 heteroatoms. The van der Waals surface area contributed by atoms with Crippen molar-refractivity contribution in [1.82, 2.24) is 0 Å². The summed E-state index contributed by atoms with van der Waals surface area (Å²) in [4.78, 5) is 0. The smallest absolute Gasteiger partial charge is 0.167 e. The van der Waals surface area contributed by atoms with Gasteiger partial charge in [0.05, 0.1) is 11.7 Å². The first-order chi connectivity index (χ1) is 7.67. The van der Waals surface area contributed by atoms with Crippen LogP contribution in [0.2, 0.25) is 0 Å². The number of aliphatic hydroxyl groups is 1. The lowest BCUT2D eigenvalue weighted by Crippen LogP contribution is -2.55. The van der Waals surface area contributed by atoms with Crippen LogP contribution in [0.4, 0.5) is 0 Å². The van der Waals surface area contributed by atoms with E-state index in [4.69, 9.17) is 16.2 Å². The van der Waals surface area contributed by atoms with Gasteiger partial charge in [-0.2, -0.15) is 0 Å². The van der Waals surface area contributed by atoms with Gasteiger partial charge in [0.15, 0.2) is 5.85 Å². The maximum atomic E-state index is 10.0. The molecule has 1 unspecified atom stereocenters. The molecule has 0 rings (SSSR count). The van der Waals surface area contributed by atoms with E-state index in [0.29, 0.717) is 0 Å². The zero-order valence-electron chi connectivity index (χ0n) is 11.8. The van der Waals surface area contributed by atoms with Gasteiger partial charge < -0.3 is 9.84 Å². The van der Waals surface area contributed by atoms with Crippen molar-refractivity contribution in [2.75, 3.05) is 0 Å². The Morgan fingerprint density at radius 2 is 1.59 bits per heavy atom. The second kappa shape index (κ2) is 7.31. The molecule has 0 radical (unpaired) electrons. The minimum Gasteiger partial charge on any atom is -0.388 e. The first kappa shape index (κ1) is 16.8. The second-order valence-corrected chi connectivity index (χ2v) is 5.65. The van der Waals surface area contributed by atoms with Crippen molar-refractivity contribution in [2.45, 2.75) is 83.8 Å². The maximum absolute atomic E-state index is 10.0. The quantitative estimate of drug-likeness (QED) is 0.430. The summed E-state index contributed by atoms with van der Waals surface area (Å²) in [6.07, 6.45) is 6.40. The second-order valence-electron chi connectivity index (χ2n) is 5.65. The molecule has 0 bridgehead atoms. The van der Waals surface area contributed by atoms with Crippen LogP contribution in [-0.4, -0.2) is 22.7 Å². The molecular weight excluding hydrogens is 216 g/mol. The van der Waals surface area contributed by atoms with E-state index in [0.717, 1.165) is 19.3 Å². The van der Waals surface area contributed by atoms with Crippen molar-refractivity contribution in [3.63, 3.8) is 0 Å². The van der Waals surface area contributed by atoms with Gasteiger partial charge in [0.2, 0.25) is 0 Å². The van der Waals surface area contributed by atoms with Crippen molar-refractivity contribution in [3.8, 4) is 0 Å². The van der Waals surface area contributed by atoms with Crippen LogP contribution in [0.1, 0.15) is 66.2 Å². The van der Waals surface area contributed by atoms with Gasteiger partial charge in [-0.25, -0.2) is 0 Å². The Morgan fingerprint density at radius 1 is 1.06 bits per heavy atom. The normalized spacial score (nSPS) is 15.0. The van der Waals surface area contributed by atoms with Crippen molar-refractivity contribution >= 4 is 0 Å². The number of rotatable bonds is 9. The van der Waals surface area contributed by atoms with Crippen LogP contribution in [0.3, 0.4) is 0 Å². The molecule has 0 aromatic heterocycles. The number of ether oxygens (including phenoxy) is 1. The number of nitrogens with two attached hydrogens (primary N) is 2. The molecule has 0 amide bonds. The minimum atomic E-state index is -1.19. The van der Waals surface area contributed by atoms with E-state index in [1.807, 2.05) is 0 Å². The highest BCUT2D eigenvalue weighted by atomic mass is 16.5. The van der Waals surface area contributed by atoms with Gasteiger partial charge >= 0.3 is 0 Å². The van der Waals surface area contributed by atoms with Gasteiger partial charge in [-0.3, -0.25) is 11.5 Å². The predicted octanol–water partition coefficient (Wildman–Crippen LogP) is 2.09. The highest BCUT2D eigenvalue weighted by Crippen LogP contribution is 2.21. The highest BCUT2D eigenvalue weighted by molar-refractivity contribution is 4.80. The molecule has 0 aliphatic heterocycles. The lowest BCUT2D eigenvalue weighted by Gasteiger charge is -2.34. The van der Waals surface area contributed by atoms with Crippen LogP contribution < -0.4 is 11.5 Å². The van der Waals surface area contributed by atoms with Crippen LogP contribution >= 0.6 is 0 Å². The maximum Gasteiger partial charge on any atom is 0.167 e. The Kier molecular flexibility index (Phi) is 7.24. The Bertz CT molecular complexity index is 195. The molecule has 0 spiro atoms. The Morgan fingerprint density at radius 3 is 2.00 bits per heavy atom. The molecule has 104 valence electrons. The highest BCUT2D eigenvalue weighted by Gasteiger charge is 2.31. The topological polar surface area (TPSA) is 81.5 Å². The van der Waals surface area contributed by atoms with Gasteiger partial charge in [0.1, 0.15) is 0 Å². The van der Waals surface area contributed by atoms with E-state index in [-0.39, 0.29) is 6.10 Å². The van der Waals surface area contributed by atoms with Crippen LogP contribution in [0.15, 0.2) is 0 Å². The third-order valence-corrected chi connectivity index (χ3v) is 2.75. The molecule has 1 atom stereocenters. The minimum absolute atomic E-state index is 0.316. The Labute approximate surface area is 106 Å². The fraction of sp³-hybridized carbons (Fsp3) is 1.00. The molecule has 0 aliphatic carbocycles. The Balaban J connectivity index is 4.05. The third kappa shape index (κ3) is 9.53. The van der Waals surface area contributed by atoms with E-state index in [1.54, 1.807) is 20.8 Å². The predicted molar refractivity (Wildman–Crippen MR) is 71.3 cm³/mol. The SMILES string of the molecule is CCCCCCCC(OC(C)(N)N)C(C)(C)O. The van der Waals surface area contributed by atoms with Crippen LogP contribution in [0.25, 0.3) is 0 Å². The van der Waals surface area contributed by atoms with Crippen molar-refractivity contribution in [2.24, 2.45) is 11.5 Å². The first-order valence-corrected chi connectivity index (χ1v) is 6.64. The van der Waals surface area contributed by atoms with Gasteiger partial charge in [-0.1, -0.05) is 39.0 Å². The molecule has 4 nitrogen and oxygen atoms in total. The molecule has 0 saturated carbocycles. The number of hydrogen-bond donors (Lipinski definition) is 3. The summed E-state index contributed by atoms with van der Waals surface area (Å²) in [6.45, 7) is 7.25. The Hall–Kier alpha value is -0.160. The number of unbranched alkanes of at least 4 members (excludes halogenated alkanes) is 4.